The Morgan fingerprint density at radius 2 is 2.26 bits per heavy atom. The van der Waals surface area contributed by atoms with E-state index < -0.39 is 17.7 Å². The Morgan fingerprint density at radius 1 is 1.58 bits per heavy atom. The molecule has 1 aliphatic heterocycles. The molecule has 0 aliphatic carbocycles. The molecule has 1 heterocycles. The topological polar surface area (TPSA) is 87.5 Å². The van der Waals surface area contributed by atoms with Crippen LogP contribution in [0.4, 0.5) is 4.79 Å². The molecule has 0 aromatic rings. The lowest BCUT2D eigenvalue weighted by Crippen LogP contribution is -2.36. The number of carbonyl (C=O) groups is 1. The zero-order chi connectivity index (χ0) is 14.5. The highest BCUT2D eigenvalue weighted by Gasteiger charge is 2.37. The summed E-state index contributed by atoms with van der Waals surface area (Å²) in [5, 5.41) is 3.62. The van der Waals surface area contributed by atoms with E-state index >= 15 is 0 Å². The van der Waals surface area contributed by atoms with Crippen LogP contribution in [-0.4, -0.2) is 48.4 Å². The molecule has 1 saturated heterocycles. The Bertz CT molecular complexity index is 418. The van der Waals surface area contributed by atoms with Crippen LogP contribution in [0.1, 0.15) is 20.8 Å². The van der Waals surface area contributed by atoms with Crippen molar-refractivity contribution >= 4 is 6.09 Å². The van der Waals surface area contributed by atoms with Crippen LogP contribution in [0.3, 0.4) is 0 Å². The summed E-state index contributed by atoms with van der Waals surface area (Å²) < 4.78 is 10.6. The van der Waals surface area contributed by atoms with Crippen LogP contribution in [0.5, 0.6) is 0 Å². The van der Waals surface area contributed by atoms with Crippen molar-refractivity contribution < 1.29 is 14.3 Å². The third-order valence-corrected chi connectivity index (χ3v) is 2.47. The standard InChI is InChI=1S/C12H18N4O3/c1-5-6-18-10-8-16(7-9(10)14-15-13)11(17)19-12(2,3)4/h1,9-10H,6-8H2,2-4H3/t9?,10-/m0/s1. The van der Waals surface area contributed by atoms with Gasteiger partial charge >= 0.3 is 6.09 Å². The fourth-order valence-corrected chi connectivity index (χ4v) is 1.73. The molecule has 1 rings (SSSR count). The van der Waals surface area contributed by atoms with Crippen molar-refractivity contribution in [3.63, 3.8) is 0 Å². The number of ether oxygens (including phenoxy) is 2. The van der Waals surface area contributed by atoms with E-state index in [1.807, 2.05) is 0 Å². The minimum Gasteiger partial charge on any atom is -0.444 e. The summed E-state index contributed by atoms with van der Waals surface area (Å²) in [6.45, 7) is 6.06. The summed E-state index contributed by atoms with van der Waals surface area (Å²) in [5.41, 5.74) is 7.94. The highest BCUT2D eigenvalue weighted by atomic mass is 16.6. The maximum Gasteiger partial charge on any atom is 0.410 e. The van der Waals surface area contributed by atoms with Crippen molar-refractivity contribution in [1.82, 2.24) is 4.90 Å². The SMILES string of the molecule is C#CCO[C@H]1CN(C(=O)OC(C)(C)C)CC1N=[N+]=[N-]. The molecule has 7 heteroatoms. The second-order valence-corrected chi connectivity index (χ2v) is 5.21. The summed E-state index contributed by atoms with van der Waals surface area (Å²) >= 11 is 0. The van der Waals surface area contributed by atoms with E-state index in [1.54, 1.807) is 20.8 Å². The number of nitrogens with zero attached hydrogens (tertiary/aromatic N) is 4. The van der Waals surface area contributed by atoms with Crippen molar-refractivity contribution in [2.75, 3.05) is 19.7 Å². The first-order valence-corrected chi connectivity index (χ1v) is 5.94. The smallest absolute Gasteiger partial charge is 0.410 e. The maximum atomic E-state index is 11.9. The number of terminal acetylenes is 1. The highest BCUT2D eigenvalue weighted by Crippen LogP contribution is 2.20. The molecule has 0 spiro atoms. The van der Waals surface area contributed by atoms with E-state index in [-0.39, 0.29) is 19.3 Å². The predicted molar refractivity (Wildman–Crippen MR) is 69.3 cm³/mol. The first-order valence-electron chi connectivity index (χ1n) is 5.94. The number of rotatable bonds is 3. The molecule has 104 valence electrons. The summed E-state index contributed by atoms with van der Waals surface area (Å²) in [4.78, 5) is 16.1. The molecule has 0 aromatic heterocycles. The lowest BCUT2D eigenvalue weighted by Gasteiger charge is -2.24. The van der Waals surface area contributed by atoms with Crippen LogP contribution in [0, 0.1) is 12.3 Å². The monoisotopic (exact) mass is 266 g/mol. The molecular formula is C12H18N4O3. The van der Waals surface area contributed by atoms with Crippen LogP contribution < -0.4 is 0 Å². The van der Waals surface area contributed by atoms with Gasteiger partial charge in [-0.3, -0.25) is 0 Å². The van der Waals surface area contributed by atoms with Crippen LogP contribution in [0.2, 0.25) is 0 Å². The van der Waals surface area contributed by atoms with Gasteiger partial charge < -0.3 is 14.4 Å². The van der Waals surface area contributed by atoms with E-state index in [0.29, 0.717) is 6.54 Å². The zero-order valence-electron chi connectivity index (χ0n) is 11.4. The molecule has 7 nitrogen and oxygen atoms in total. The van der Waals surface area contributed by atoms with Gasteiger partial charge in [0, 0.05) is 11.5 Å². The maximum absolute atomic E-state index is 11.9. The molecule has 2 atom stereocenters. The van der Waals surface area contributed by atoms with Crippen molar-refractivity contribution in [3.05, 3.63) is 10.4 Å². The molecule has 0 aromatic carbocycles. The summed E-state index contributed by atoms with van der Waals surface area (Å²) in [7, 11) is 0. The summed E-state index contributed by atoms with van der Waals surface area (Å²) in [6, 6.07) is -0.439. The normalized spacial score (nSPS) is 22.5. The molecule has 0 saturated carbocycles. The Kier molecular flexibility index (Phi) is 5.04. The highest BCUT2D eigenvalue weighted by molar-refractivity contribution is 5.68. The van der Waals surface area contributed by atoms with Gasteiger partial charge in [0.2, 0.25) is 0 Å². The van der Waals surface area contributed by atoms with Gasteiger partial charge in [-0.25, -0.2) is 4.79 Å². The van der Waals surface area contributed by atoms with Crippen molar-refractivity contribution in [2.24, 2.45) is 5.11 Å². The van der Waals surface area contributed by atoms with Crippen molar-refractivity contribution in [1.29, 1.82) is 0 Å². The number of hydrogen-bond acceptors (Lipinski definition) is 4. The third-order valence-electron chi connectivity index (χ3n) is 2.47. The largest absolute Gasteiger partial charge is 0.444 e. The van der Waals surface area contributed by atoms with Gasteiger partial charge in [-0.15, -0.1) is 6.42 Å². The molecule has 1 fully saturated rings. The van der Waals surface area contributed by atoms with Gasteiger partial charge in [-0.1, -0.05) is 11.0 Å². The Hall–Kier alpha value is -1.90. The molecule has 0 radical (unpaired) electrons. The summed E-state index contributed by atoms with van der Waals surface area (Å²) in [5.74, 6) is 2.35. The Labute approximate surface area is 112 Å². The van der Waals surface area contributed by atoms with E-state index in [1.165, 1.54) is 4.90 Å². The van der Waals surface area contributed by atoms with Gasteiger partial charge in [0.25, 0.3) is 0 Å². The molecule has 19 heavy (non-hydrogen) atoms. The summed E-state index contributed by atoms with van der Waals surface area (Å²) in [6.07, 6.45) is 4.28. The predicted octanol–water partition coefficient (Wildman–Crippen LogP) is 1.93. The van der Waals surface area contributed by atoms with Gasteiger partial charge in [0.05, 0.1) is 18.7 Å². The zero-order valence-corrected chi connectivity index (χ0v) is 11.4. The number of amides is 1. The number of azide groups is 1. The first-order chi connectivity index (χ1) is 8.87. The van der Waals surface area contributed by atoms with Gasteiger partial charge in [0.1, 0.15) is 12.2 Å². The molecule has 1 aliphatic rings. The second kappa shape index (κ2) is 6.32. The quantitative estimate of drug-likeness (QED) is 0.338. The van der Waals surface area contributed by atoms with E-state index in [9.17, 15) is 4.79 Å². The number of hydrogen-bond donors (Lipinski definition) is 0. The van der Waals surface area contributed by atoms with E-state index in [2.05, 4.69) is 15.9 Å². The number of likely N-dealkylation sites (tertiary alicyclic amines) is 1. The lowest BCUT2D eigenvalue weighted by molar-refractivity contribution is 0.0236. The van der Waals surface area contributed by atoms with Crippen LogP contribution in [0.15, 0.2) is 5.11 Å². The first kappa shape index (κ1) is 15.2. The van der Waals surface area contributed by atoms with Crippen LogP contribution in [-0.2, 0) is 9.47 Å². The van der Waals surface area contributed by atoms with Gasteiger partial charge in [-0.05, 0) is 26.3 Å². The fourth-order valence-electron chi connectivity index (χ4n) is 1.73. The molecule has 0 bridgehead atoms. The van der Waals surface area contributed by atoms with E-state index in [0.717, 1.165) is 0 Å². The molecule has 1 unspecified atom stereocenters. The Morgan fingerprint density at radius 3 is 2.79 bits per heavy atom. The van der Waals surface area contributed by atoms with Crippen molar-refractivity contribution in [2.45, 2.75) is 38.5 Å². The molecule has 1 amide bonds. The molecular weight excluding hydrogens is 248 g/mol. The van der Waals surface area contributed by atoms with Crippen molar-refractivity contribution in [3.8, 4) is 12.3 Å². The van der Waals surface area contributed by atoms with Gasteiger partial charge in [0.15, 0.2) is 0 Å². The van der Waals surface area contributed by atoms with Gasteiger partial charge in [-0.2, -0.15) is 0 Å². The van der Waals surface area contributed by atoms with Crippen LogP contribution in [0.25, 0.3) is 10.4 Å². The third kappa shape index (κ3) is 4.70. The van der Waals surface area contributed by atoms with E-state index in [4.69, 9.17) is 21.4 Å². The van der Waals surface area contributed by atoms with Crippen LogP contribution >= 0.6 is 0 Å². The lowest BCUT2D eigenvalue weighted by atomic mass is 10.2. The second-order valence-electron chi connectivity index (χ2n) is 5.21. The fraction of sp³-hybridized carbons (Fsp3) is 0.750. The number of carbonyl (C=O) groups excluding carboxylic acids is 1. The Balaban J connectivity index is 2.66. The minimum absolute atomic E-state index is 0.115. The minimum atomic E-state index is -0.567. The average molecular weight is 266 g/mol. The molecule has 0 N–H and O–H groups in total. The average Bonchev–Trinajstić information content (AvgIpc) is 2.68.